The Kier molecular flexibility index (Phi) is 3.67. The Labute approximate surface area is 112 Å². The molecule has 0 aliphatic heterocycles. The van der Waals surface area contributed by atoms with Crippen LogP contribution in [0.4, 0.5) is 8.78 Å². The number of rotatable bonds is 2. The monoisotopic (exact) mass is 261 g/mol. The van der Waals surface area contributed by atoms with E-state index in [-0.39, 0.29) is 11.1 Å². The molecule has 2 rings (SSSR count). The highest BCUT2D eigenvalue weighted by Crippen LogP contribution is 2.27. The van der Waals surface area contributed by atoms with Gasteiger partial charge in [-0.2, -0.15) is 0 Å². The molecule has 3 heteroatoms. The number of halogens is 2. The Balaban J connectivity index is 2.53. The summed E-state index contributed by atoms with van der Waals surface area (Å²) in [6, 6.07) is 8.27. The number of hydrogen-bond acceptors (Lipinski definition) is 1. The highest BCUT2D eigenvalue weighted by Gasteiger charge is 2.19. The van der Waals surface area contributed by atoms with E-state index < -0.39 is 17.7 Å². The molecule has 1 nitrogen and oxygen atoms in total. The third-order valence-corrected chi connectivity index (χ3v) is 3.41. The Morgan fingerprint density at radius 2 is 1.47 bits per heavy atom. The van der Waals surface area contributed by atoms with Crippen molar-refractivity contribution in [1.29, 1.82) is 0 Å². The van der Waals surface area contributed by atoms with Gasteiger partial charge in [-0.25, -0.2) is 8.78 Å². The second kappa shape index (κ2) is 5.10. The zero-order chi connectivity index (χ0) is 14.2. The summed E-state index contributed by atoms with van der Waals surface area (Å²) >= 11 is 0. The summed E-state index contributed by atoms with van der Waals surface area (Å²) in [7, 11) is 0. The fraction of sp³-hybridized carbons (Fsp3) is 0.250. The molecule has 0 bridgehead atoms. The van der Waals surface area contributed by atoms with Crippen molar-refractivity contribution in [2.45, 2.75) is 26.8 Å². The maximum Gasteiger partial charge on any atom is 0.164 e. The fourth-order valence-corrected chi connectivity index (χ4v) is 2.16. The van der Waals surface area contributed by atoms with Gasteiger partial charge in [-0.15, -0.1) is 0 Å². The predicted octanol–water partition coefficient (Wildman–Crippen LogP) is 3.94. The summed E-state index contributed by atoms with van der Waals surface area (Å²) in [6.07, 6.45) is 0. The van der Waals surface area contributed by atoms with Crippen LogP contribution in [0.25, 0.3) is 0 Å². The van der Waals surface area contributed by atoms with Crippen molar-refractivity contribution in [1.82, 2.24) is 0 Å². The molecule has 2 aromatic rings. The van der Waals surface area contributed by atoms with E-state index in [0.29, 0.717) is 0 Å². The van der Waals surface area contributed by atoms with E-state index in [4.69, 9.17) is 5.73 Å². The molecule has 0 saturated heterocycles. The van der Waals surface area contributed by atoms with E-state index in [1.165, 1.54) is 6.92 Å². The average Bonchev–Trinajstić information content (AvgIpc) is 2.38. The Morgan fingerprint density at radius 3 is 2.16 bits per heavy atom. The summed E-state index contributed by atoms with van der Waals surface area (Å²) in [6.45, 7) is 5.39. The van der Waals surface area contributed by atoms with Crippen LogP contribution in [0, 0.1) is 32.4 Å². The van der Waals surface area contributed by atoms with Crippen LogP contribution in [0.15, 0.2) is 30.3 Å². The molecular formula is C16H17F2N. The number of hydrogen-bond donors (Lipinski definition) is 1. The summed E-state index contributed by atoms with van der Waals surface area (Å²) in [5, 5.41) is 0. The Morgan fingerprint density at radius 1 is 0.842 bits per heavy atom. The third kappa shape index (κ3) is 2.51. The van der Waals surface area contributed by atoms with Crippen LogP contribution in [-0.2, 0) is 0 Å². The molecule has 0 saturated carbocycles. The molecule has 0 heterocycles. The van der Waals surface area contributed by atoms with Gasteiger partial charge in [-0.3, -0.25) is 0 Å². The van der Waals surface area contributed by atoms with Crippen molar-refractivity contribution < 1.29 is 8.78 Å². The first-order valence-corrected chi connectivity index (χ1v) is 6.19. The van der Waals surface area contributed by atoms with Gasteiger partial charge in [0.1, 0.15) is 0 Å². The molecule has 19 heavy (non-hydrogen) atoms. The van der Waals surface area contributed by atoms with E-state index >= 15 is 0 Å². The van der Waals surface area contributed by atoms with Gasteiger partial charge in [0.25, 0.3) is 0 Å². The summed E-state index contributed by atoms with van der Waals surface area (Å²) in [5.41, 5.74) is 9.41. The van der Waals surface area contributed by atoms with Crippen LogP contribution < -0.4 is 5.73 Å². The second-order valence-corrected chi connectivity index (χ2v) is 4.94. The maximum absolute atomic E-state index is 14.0. The second-order valence-electron chi connectivity index (χ2n) is 4.94. The molecule has 0 aliphatic carbocycles. The van der Waals surface area contributed by atoms with Crippen LogP contribution in [-0.4, -0.2) is 0 Å². The van der Waals surface area contributed by atoms with Crippen molar-refractivity contribution in [3.63, 3.8) is 0 Å². The predicted molar refractivity (Wildman–Crippen MR) is 73.0 cm³/mol. The zero-order valence-electron chi connectivity index (χ0n) is 11.3. The van der Waals surface area contributed by atoms with Gasteiger partial charge < -0.3 is 5.73 Å². The van der Waals surface area contributed by atoms with E-state index in [0.717, 1.165) is 16.7 Å². The summed E-state index contributed by atoms with van der Waals surface area (Å²) < 4.78 is 27.6. The van der Waals surface area contributed by atoms with E-state index in [9.17, 15) is 8.78 Å². The maximum atomic E-state index is 14.0. The van der Waals surface area contributed by atoms with Gasteiger partial charge in [0.2, 0.25) is 0 Å². The van der Waals surface area contributed by atoms with Crippen LogP contribution in [0.1, 0.15) is 33.9 Å². The molecule has 100 valence electrons. The molecule has 2 N–H and O–H groups in total. The molecule has 1 atom stereocenters. The van der Waals surface area contributed by atoms with E-state index in [1.54, 1.807) is 12.1 Å². The standard InChI is InChI=1S/C16H17F2N/c1-9-4-5-10(2)13(8-9)16(19)12-7-6-11(3)14(17)15(12)18/h4-8,16H,19H2,1-3H3. The minimum Gasteiger partial charge on any atom is -0.320 e. The Hall–Kier alpha value is -1.74. The fourth-order valence-electron chi connectivity index (χ4n) is 2.16. The molecule has 0 aromatic heterocycles. The van der Waals surface area contributed by atoms with Crippen molar-refractivity contribution >= 4 is 0 Å². The molecular weight excluding hydrogens is 244 g/mol. The Bertz CT molecular complexity index is 620. The molecule has 2 aromatic carbocycles. The average molecular weight is 261 g/mol. The van der Waals surface area contributed by atoms with E-state index in [2.05, 4.69) is 0 Å². The van der Waals surface area contributed by atoms with Gasteiger partial charge in [0, 0.05) is 5.56 Å². The normalized spacial score (nSPS) is 12.5. The first-order chi connectivity index (χ1) is 8.91. The SMILES string of the molecule is Cc1ccc(C)c(C(N)c2ccc(C)c(F)c2F)c1. The lowest BCUT2D eigenvalue weighted by Gasteiger charge is -2.17. The molecule has 0 amide bonds. The van der Waals surface area contributed by atoms with E-state index in [1.807, 2.05) is 32.0 Å². The molecule has 0 spiro atoms. The lowest BCUT2D eigenvalue weighted by atomic mass is 9.93. The first kappa shape index (κ1) is 13.7. The lowest BCUT2D eigenvalue weighted by Crippen LogP contribution is -2.16. The largest absolute Gasteiger partial charge is 0.320 e. The van der Waals surface area contributed by atoms with Crippen molar-refractivity contribution in [3.05, 3.63) is 69.8 Å². The van der Waals surface area contributed by atoms with Crippen molar-refractivity contribution in [2.24, 2.45) is 5.73 Å². The number of benzene rings is 2. The van der Waals surface area contributed by atoms with Crippen LogP contribution in [0.5, 0.6) is 0 Å². The quantitative estimate of drug-likeness (QED) is 0.870. The topological polar surface area (TPSA) is 26.0 Å². The van der Waals surface area contributed by atoms with Gasteiger partial charge in [0.15, 0.2) is 11.6 Å². The van der Waals surface area contributed by atoms with Gasteiger partial charge in [0.05, 0.1) is 6.04 Å². The van der Waals surface area contributed by atoms with Crippen LogP contribution in [0.2, 0.25) is 0 Å². The van der Waals surface area contributed by atoms with Crippen molar-refractivity contribution in [2.75, 3.05) is 0 Å². The summed E-state index contributed by atoms with van der Waals surface area (Å²) in [5.74, 6) is -1.67. The molecule has 1 unspecified atom stereocenters. The van der Waals surface area contributed by atoms with Crippen molar-refractivity contribution in [3.8, 4) is 0 Å². The molecule has 0 aliphatic rings. The third-order valence-electron chi connectivity index (χ3n) is 3.41. The highest BCUT2D eigenvalue weighted by molar-refractivity contribution is 5.40. The smallest absolute Gasteiger partial charge is 0.164 e. The minimum atomic E-state index is -0.853. The number of aryl methyl sites for hydroxylation is 3. The number of nitrogens with two attached hydrogens (primary N) is 1. The van der Waals surface area contributed by atoms with Crippen LogP contribution in [0.3, 0.4) is 0 Å². The molecule has 0 radical (unpaired) electrons. The lowest BCUT2D eigenvalue weighted by molar-refractivity contribution is 0.489. The first-order valence-electron chi connectivity index (χ1n) is 6.19. The van der Waals surface area contributed by atoms with Crippen LogP contribution >= 0.6 is 0 Å². The van der Waals surface area contributed by atoms with Gasteiger partial charge in [-0.05, 0) is 37.5 Å². The minimum absolute atomic E-state index is 0.191. The zero-order valence-corrected chi connectivity index (χ0v) is 11.3. The summed E-state index contributed by atoms with van der Waals surface area (Å²) in [4.78, 5) is 0. The highest BCUT2D eigenvalue weighted by atomic mass is 19.2. The van der Waals surface area contributed by atoms with Gasteiger partial charge in [-0.1, -0.05) is 35.9 Å². The molecule has 0 fully saturated rings. The van der Waals surface area contributed by atoms with Gasteiger partial charge >= 0.3 is 0 Å².